The molecule has 7 nitrogen and oxygen atoms in total. The summed E-state index contributed by atoms with van der Waals surface area (Å²) >= 11 is 0. The van der Waals surface area contributed by atoms with Gasteiger partial charge in [0.05, 0.1) is 13.7 Å². The lowest BCUT2D eigenvalue weighted by atomic mass is 10.1. The maximum atomic E-state index is 12.3. The van der Waals surface area contributed by atoms with Gasteiger partial charge >= 0.3 is 6.03 Å². The third-order valence-electron chi connectivity index (χ3n) is 4.66. The number of methoxy groups -OCH3 is 1. The minimum atomic E-state index is -0.305. The number of urea groups is 1. The first-order chi connectivity index (χ1) is 14.5. The quantitative estimate of drug-likeness (QED) is 0.586. The van der Waals surface area contributed by atoms with Crippen molar-refractivity contribution in [1.29, 1.82) is 0 Å². The van der Waals surface area contributed by atoms with Gasteiger partial charge in [0.2, 0.25) is 0 Å². The van der Waals surface area contributed by atoms with Gasteiger partial charge in [-0.25, -0.2) is 4.79 Å². The summed E-state index contributed by atoms with van der Waals surface area (Å²) in [5.41, 5.74) is 1.56. The summed E-state index contributed by atoms with van der Waals surface area (Å²) in [6.07, 6.45) is 2.07. The number of carbonyl (C=O) groups excluding carboxylic acids is 1. The van der Waals surface area contributed by atoms with Crippen LogP contribution in [0.4, 0.5) is 10.5 Å². The van der Waals surface area contributed by atoms with Gasteiger partial charge in [-0.1, -0.05) is 19.9 Å². The van der Waals surface area contributed by atoms with Crippen molar-refractivity contribution in [2.24, 2.45) is 5.92 Å². The van der Waals surface area contributed by atoms with E-state index >= 15 is 0 Å². The van der Waals surface area contributed by atoms with Crippen LogP contribution in [0.1, 0.15) is 32.3 Å². The van der Waals surface area contributed by atoms with Crippen molar-refractivity contribution in [3.63, 3.8) is 0 Å². The molecule has 1 aliphatic heterocycles. The number of benzene rings is 2. The zero-order chi connectivity index (χ0) is 21.3. The Morgan fingerprint density at radius 1 is 1.07 bits per heavy atom. The van der Waals surface area contributed by atoms with Crippen LogP contribution >= 0.6 is 0 Å². The maximum Gasteiger partial charge on any atom is 0.319 e. The van der Waals surface area contributed by atoms with Crippen molar-refractivity contribution < 1.29 is 23.7 Å². The minimum Gasteiger partial charge on any atom is -0.493 e. The molecule has 1 aliphatic rings. The molecule has 0 aromatic heterocycles. The van der Waals surface area contributed by atoms with E-state index in [0.717, 1.165) is 24.2 Å². The molecule has 2 amide bonds. The van der Waals surface area contributed by atoms with Crippen LogP contribution < -0.4 is 29.6 Å². The van der Waals surface area contributed by atoms with Crippen molar-refractivity contribution in [1.82, 2.24) is 5.32 Å². The van der Waals surface area contributed by atoms with E-state index in [1.165, 1.54) is 0 Å². The molecule has 2 aromatic carbocycles. The van der Waals surface area contributed by atoms with Crippen LogP contribution in [-0.2, 0) is 6.54 Å². The highest BCUT2D eigenvalue weighted by atomic mass is 16.6. The van der Waals surface area contributed by atoms with Crippen molar-refractivity contribution in [2.45, 2.75) is 33.2 Å². The Labute approximate surface area is 177 Å². The largest absolute Gasteiger partial charge is 0.493 e. The zero-order valence-electron chi connectivity index (χ0n) is 17.8. The number of fused-ring (bicyclic) bond motifs is 1. The molecular formula is C23H30N2O5. The van der Waals surface area contributed by atoms with E-state index in [1.807, 2.05) is 18.2 Å². The summed E-state index contributed by atoms with van der Waals surface area (Å²) in [5.74, 6) is 3.33. The number of anilines is 1. The van der Waals surface area contributed by atoms with Crippen LogP contribution in [0.3, 0.4) is 0 Å². The SMILES string of the molecule is COc1ccc(NC(=O)NCc2ccc3c(c2)OCCO3)cc1OCCCC(C)C. The van der Waals surface area contributed by atoms with Crippen LogP contribution in [0.2, 0.25) is 0 Å². The number of nitrogens with one attached hydrogen (secondary N) is 2. The predicted octanol–water partition coefficient (Wildman–Crippen LogP) is 4.60. The smallest absolute Gasteiger partial charge is 0.319 e. The van der Waals surface area contributed by atoms with Gasteiger partial charge in [0.25, 0.3) is 0 Å². The molecule has 0 bridgehead atoms. The van der Waals surface area contributed by atoms with Gasteiger partial charge < -0.3 is 29.6 Å². The first-order valence-electron chi connectivity index (χ1n) is 10.3. The summed E-state index contributed by atoms with van der Waals surface area (Å²) in [6.45, 7) is 6.44. The highest BCUT2D eigenvalue weighted by Gasteiger charge is 2.12. The van der Waals surface area contributed by atoms with E-state index in [4.69, 9.17) is 18.9 Å². The number of carbonyl (C=O) groups is 1. The Morgan fingerprint density at radius 2 is 1.87 bits per heavy atom. The Hall–Kier alpha value is -3.09. The monoisotopic (exact) mass is 414 g/mol. The summed E-state index contributed by atoms with van der Waals surface area (Å²) < 4.78 is 22.3. The molecule has 0 saturated carbocycles. The Balaban J connectivity index is 1.53. The Kier molecular flexibility index (Phi) is 7.65. The Bertz CT molecular complexity index is 853. The van der Waals surface area contributed by atoms with Gasteiger partial charge in [-0.05, 0) is 48.6 Å². The third-order valence-corrected chi connectivity index (χ3v) is 4.66. The fourth-order valence-electron chi connectivity index (χ4n) is 3.10. The first-order valence-corrected chi connectivity index (χ1v) is 10.3. The number of rotatable bonds is 9. The van der Waals surface area contributed by atoms with Crippen molar-refractivity contribution in [2.75, 3.05) is 32.2 Å². The molecule has 0 saturated heterocycles. The van der Waals surface area contributed by atoms with Gasteiger partial charge in [-0.3, -0.25) is 0 Å². The van der Waals surface area contributed by atoms with Crippen molar-refractivity contribution in [3.05, 3.63) is 42.0 Å². The highest BCUT2D eigenvalue weighted by Crippen LogP contribution is 2.31. The van der Waals surface area contributed by atoms with Crippen LogP contribution in [0, 0.1) is 5.92 Å². The molecule has 30 heavy (non-hydrogen) atoms. The van der Waals surface area contributed by atoms with E-state index in [9.17, 15) is 4.79 Å². The number of hydrogen-bond acceptors (Lipinski definition) is 5. The molecule has 1 heterocycles. The van der Waals surface area contributed by atoms with Gasteiger partial charge in [0.15, 0.2) is 23.0 Å². The van der Waals surface area contributed by atoms with Crippen LogP contribution in [-0.4, -0.2) is 33.0 Å². The summed E-state index contributed by atoms with van der Waals surface area (Å²) in [6, 6.07) is 10.7. The molecule has 0 unspecified atom stereocenters. The molecule has 3 rings (SSSR count). The number of ether oxygens (including phenoxy) is 4. The molecule has 0 fully saturated rings. The number of hydrogen-bond donors (Lipinski definition) is 2. The zero-order valence-corrected chi connectivity index (χ0v) is 17.8. The highest BCUT2D eigenvalue weighted by molar-refractivity contribution is 5.89. The van der Waals surface area contributed by atoms with Crippen LogP contribution in [0.5, 0.6) is 23.0 Å². The molecule has 0 radical (unpaired) electrons. The first kappa shape index (κ1) is 21.6. The van der Waals surface area contributed by atoms with Gasteiger partial charge in [0.1, 0.15) is 13.2 Å². The lowest BCUT2D eigenvalue weighted by Gasteiger charge is -2.19. The lowest BCUT2D eigenvalue weighted by Crippen LogP contribution is -2.28. The average molecular weight is 415 g/mol. The standard InChI is InChI=1S/C23H30N2O5/c1-16(2)5-4-10-28-22-14-18(7-9-19(22)27-3)25-23(26)24-15-17-6-8-20-21(13-17)30-12-11-29-20/h6-9,13-14,16H,4-5,10-12,15H2,1-3H3,(H2,24,25,26). The second-order valence-electron chi connectivity index (χ2n) is 7.54. The molecule has 0 aliphatic carbocycles. The molecule has 7 heteroatoms. The second kappa shape index (κ2) is 10.6. The van der Waals surface area contributed by atoms with Gasteiger partial charge in [0, 0.05) is 18.3 Å². The van der Waals surface area contributed by atoms with Gasteiger partial charge in [-0.15, -0.1) is 0 Å². The number of amides is 2. The third kappa shape index (κ3) is 6.20. The topological polar surface area (TPSA) is 78.1 Å². The Morgan fingerprint density at radius 3 is 2.63 bits per heavy atom. The molecule has 0 atom stereocenters. The predicted molar refractivity (Wildman–Crippen MR) is 116 cm³/mol. The lowest BCUT2D eigenvalue weighted by molar-refractivity contribution is 0.171. The molecular weight excluding hydrogens is 384 g/mol. The van der Waals surface area contributed by atoms with E-state index < -0.39 is 0 Å². The fraction of sp³-hybridized carbons (Fsp3) is 0.435. The summed E-state index contributed by atoms with van der Waals surface area (Å²) in [4.78, 5) is 12.3. The van der Waals surface area contributed by atoms with Crippen molar-refractivity contribution >= 4 is 11.7 Å². The minimum absolute atomic E-state index is 0.305. The molecule has 2 aromatic rings. The normalized spacial score (nSPS) is 12.4. The van der Waals surface area contributed by atoms with E-state index in [-0.39, 0.29) is 6.03 Å². The molecule has 162 valence electrons. The van der Waals surface area contributed by atoms with E-state index in [0.29, 0.717) is 55.2 Å². The van der Waals surface area contributed by atoms with Crippen LogP contribution in [0.25, 0.3) is 0 Å². The van der Waals surface area contributed by atoms with Crippen molar-refractivity contribution in [3.8, 4) is 23.0 Å². The average Bonchev–Trinajstić information content (AvgIpc) is 2.75. The van der Waals surface area contributed by atoms with E-state index in [2.05, 4.69) is 24.5 Å². The maximum absolute atomic E-state index is 12.3. The second-order valence-corrected chi connectivity index (χ2v) is 7.54. The van der Waals surface area contributed by atoms with Gasteiger partial charge in [-0.2, -0.15) is 0 Å². The molecule has 0 spiro atoms. The summed E-state index contributed by atoms with van der Waals surface area (Å²) in [7, 11) is 1.60. The van der Waals surface area contributed by atoms with E-state index in [1.54, 1.807) is 25.3 Å². The summed E-state index contributed by atoms with van der Waals surface area (Å²) in [5, 5.41) is 5.68. The van der Waals surface area contributed by atoms with Crippen LogP contribution in [0.15, 0.2) is 36.4 Å². The molecule has 2 N–H and O–H groups in total. The fourth-order valence-corrected chi connectivity index (χ4v) is 3.10.